The monoisotopic (exact) mass is 338 g/mol. The molecule has 0 saturated carbocycles. The predicted octanol–water partition coefficient (Wildman–Crippen LogP) is 4.64. The molecule has 0 aliphatic heterocycles. The highest BCUT2D eigenvalue weighted by Gasteiger charge is 2.06. The van der Waals surface area contributed by atoms with Gasteiger partial charge in [0.15, 0.2) is 11.5 Å². The Morgan fingerprint density at radius 2 is 1.70 bits per heavy atom. The third-order valence-electron chi connectivity index (χ3n) is 3.76. The first-order chi connectivity index (χ1) is 10.7. The van der Waals surface area contributed by atoms with Gasteiger partial charge in [-0.3, -0.25) is 5.10 Å². The Morgan fingerprint density at radius 1 is 1.00 bits per heavy atom. The summed E-state index contributed by atoms with van der Waals surface area (Å²) in [4.78, 5) is 0. The van der Waals surface area contributed by atoms with E-state index in [2.05, 4.69) is 24.0 Å². The van der Waals surface area contributed by atoms with Crippen molar-refractivity contribution in [2.24, 2.45) is 0 Å². The molecule has 5 heteroatoms. The van der Waals surface area contributed by atoms with Crippen molar-refractivity contribution in [2.45, 2.75) is 46.5 Å². The summed E-state index contributed by atoms with van der Waals surface area (Å²) in [5.41, 5.74) is 3.68. The fourth-order valence-electron chi connectivity index (χ4n) is 2.55. The van der Waals surface area contributed by atoms with E-state index in [1.54, 1.807) is 0 Å². The molecule has 1 aromatic carbocycles. The second kappa shape index (κ2) is 10.2. The standard InChI is InChI=1S/C18H26N2O2.ClH/c1-4-21-17-11-7-8-12-18(17)22-13-9-5-6-10-16-14(2)19-20-15(16)3;/h7-8,11-12H,4-6,9-10,13H2,1-3H3,(H,19,20);1H. The minimum Gasteiger partial charge on any atom is -0.490 e. The molecule has 2 aromatic rings. The summed E-state index contributed by atoms with van der Waals surface area (Å²) in [6.45, 7) is 7.52. The van der Waals surface area contributed by atoms with Crippen LogP contribution >= 0.6 is 12.4 Å². The van der Waals surface area contributed by atoms with Crippen LogP contribution in [0.2, 0.25) is 0 Å². The van der Waals surface area contributed by atoms with Gasteiger partial charge in [-0.2, -0.15) is 5.10 Å². The van der Waals surface area contributed by atoms with Crippen molar-refractivity contribution in [1.82, 2.24) is 10.2 Å². The molecule has 23 heavy (non-hydrogen) atoms. The van der Waals surface area contributed by atoms with Gasteiger partial charge in [0, 0.05) is 5.69 Å². The van der Waals surface area contributed by atoms with Crippen molar-refractivity contribution >= 4 is 12.4 Å². The maximum Gasteiger partial charge on any atom is 0.161 e. The van der Waals surface area contributed by atoms with E-state index in [4.69, 9.17) is 9.47 Å². The lowest BCUT2D eigenvalue weighted by Gasteiger charge is -2.11. The quantitative estimate of drug-likeness (QED) is 0.677. The molecule has 128 valence electrons. The predicted molar refractivity (Wildman–Crippen MR) is 96.0 cm³/mol. The normalized spacial score (nSPS) is 10.2. The Kier molecular flexibility index (Phi) is 8.56. The molecule has 0 spiro atoms. The average molecular weight is 339 g/mol. The lowest BCUT2D eigenvalue weighted by Crippen LogP contribution is -2.01. The highest BCUT2D eigenvalue weighted by Crippen LogP contribution is 2.26. The first kappa shape index (κ1) is 19.4. The van der Waals surface area contributed by atoms with E-state index in [0.717, 1.165) is 49.5 Å². The van der Waals surface area contributed by atoms with Crippen LogP contribution in [0.15, 0.2) is 24.3 Å². The topological polar surface area (TPSA) is 47.1 Å². The number of rotatable bonds is 9. The average Bonchev–Trinajstić information content (AvgIpc) is 2.84. The molecule has 0 amide bonds. The van der Waals surface area contributed by atoms with Gasteiger partial charge in [0.05, 0.1) is 18.9 Å². The van der Waals surface area contributed by atoms with Crippen molar-refractivity contribution in [3.63, 3.8) is 0 Å². The van der Waals surface area contributed by atoms with Gasteiger partial charge in [-0.15, -0.1) is 12.4 Å². The smallest absolute Gasteiger partial charge is 0.161 e. The minimum atomic E-state index is 0. The van der Waals surface area contributed by atoms with Crippen LogP contribution in [0.4, 0.5) is 0 Å². The Balaban J connectivity index is 0.00000264. The van der Waals surface area contributed by atoms with Crippen LogP contribution in [0.5, 0.6) is 11.5 Å². The molecule has 0 fully saturated rings. The second-order valence-corrected chi connectivity index (χ2v) is 5.45. The third kappa shape index (κ3) is 5.79. The van der Waals surface area contributed by atoms with Crippen molar-refractivity contribution in [3.05, 3.63) is 41.2 Å². The number of unbranched alkanes of at least 4 members (excludes halogenated alkanes) is 2. The lowest BCUT2D eigenvalue weighted by atomic mass is 10.1. The second-order valence-electron chi connectivity index (χ2n) is 5.45. The van der Waals surface area contributed by atoms with E-state index in [9.17, 15) is 0 Å². The van der Waals surface area contributed by atoms with E-state index in [1.165, 1.54) is 11.3 Å². The van der Waals surface area contributed by atoms with E-state index in [-0.39, 0.29) is 12.4 Å². The van der Waals surface area contributed by atoms with Gasteiger partial charge in [-0.05, 0) is 64.2 Å². The fourth-order valence-corrected chi connectivity index (χ4v) is 2.55. The first-order valence-corrected chi connectivity index (χ1v) is 8.07. The van der Waals surface area contributed by atoms with Gasteiger partial charge in [0.1, 0.15) is 0 Å². The number of hydrogen-bond acceptors (Lipinski definition) is 3. The van der Waals surface area contributed by atoms with Crippen LogP contribution in [-0.4, -0.2) is 23.4 Å². The van der Waals surface area contributed by atoms with E-state index < -0.39 is 0 Å². The Bertz CT molecular complexity index is 565. The van der Waals surface area contributed by atoms with E-state index in [1.807, 2.05) is 31.2 Å². The number of ether oxygens (including phenoxy) is 2. The van der Waals surface area contributed by atoms with Crippen molar-refractivity contribution in [3.8, 4) is 11.5 Å². The molecule has 0 aliphatic carbocycles. The molecule has 0 atom stereocenters. The molecule has 0 radical (unpaired) electrons. The van der Waals surface area contributed by atoms with E-state index >= 15 is 0 Å². The van der Waals surface area contributed by atoms with Crippen LogP contribution in [0.1, 0.15) is 43.1 Å². The summed E-state index contributed by atoms with van der Waals surface area (Å²) in [7, 11) is 0. The minimum absolute atomic E-state index is 0. The molecule has 4 nitrogen and oxygen atoms in total. The first-order valence-electron chi connectivity index (χ1n) is 8.07. The molecule has 1 N–H and O–H groups in total. The SMILES string of the molecule is CCOc1ccccc1OCCCCCc1c(C)n[nH]c1C.Cl. The summed E-state index contributed by atoms with van der Waals surface area (Å²) < 4.78 is 11.4. The number of halogens is 1. The van der Waals surface area contributed by atoms with Crippen LogP contribution in [-0.2, 0) is 6.42 Å². The van der Waals surface area contributed by atoms with Gasteiger partial charge < -0.3 is 9.47 Å². The zero-order valence-corrected chi connectivity index (χ0v) is 15.0. The summed E-state index contributed by atoms with van der Waals surface area (Å²) in [6.07, 6.45) is 4.46. The van der Waals surface area contributed by atoms with E-state index in [0.29, 0.717) is 6.61 Å². The fraction of sp³-hybridized carbons (Fsp3) is 0.500. The third-order valence-corrected chi connectivity index (χ3v) is 3.76. The molecular weight excluding hydrogens is 312 g/mol. The summed E-state index contributed by atoms with van der Waals surface area (Å²) in [5, 5.41) is 7.27. The number of hydrogen-bond donors (Lipinski definition) is 1. The summed E-state index contributed by atoms with van der Waals surface area (Å²) >= 11 is 0. The Hall–Kier alpha value is -1.68. The number of aromatic amines is 1. The molecule has 0 unspecified atom stereocenters. The highest BCUT2D eigenvalue weighted by atomic mass is 35.5. The molecule has 0 saturated heterocycles. The number of aryl methyl sites for hydroxylation is 2. The number of para-hydroxylation sites is 2. The molecule has 1 aromatic heterocycles. The van der Waals surface area contributed by atoms with Gasteiger partial charge in [-0.25, -0.2) is 0 Å². The molecule has 2 rings (SSSR count). The number of aromatic nitrogens is 2. The van der Waals surface area contributed by atoms with Crippen LogP contribution in [0, 0.1) is 13.8 Å². The summed E-state index contributed by atoms with van der Waals surface area (Å²) in [6, 6.07) is 7.85. The van der Waals surface area contributed by atoms with Gasteiger partial charge in [0.25, 0.3) is 0 Å². The number of nitrogens with zero attached hydrogens (tertiary/aromatic N) is 1. The summed E-state index contributed by atoms with van der Waals surface area (Å²) in [5.74, 6) is 1.67. The number of benzene rings is 1. The Labute approximate surface area is 145 Å². The molecule has 0 aliphatic rings. The zero-order valence-electron chi connectivity index (χ0n) is 14.2. The lowest BCUT2D eigenvalue weighted by molar-refractivity contribution is 0.270. The Morgan fingerprint density at radius 3 is 2.30 bits per heavy atom. The van der Waals surface area contributed by atoms with Crippen LogP contribution < -0.4 is 9.47 Å². The number of nitrogens with one attached hydrogen (secondary N) is 1. The molecular formula is C18H27ClN2O2. The van der Waals surface area contributed by atoms with Gasteiger partial charge in [-0.1, -0.05) is 12.1 Å². The van der Waals surface area contributed by atoms with Crippen LogP contribution in [0.25, 0.3) is 0 Å². The van der Waals surface area contributed by atoms with Crippen molar-refractivity contribution in [2.75, 3.05) is 13.2 Å². The largest absolute Gasteiger partial charge is 0.490 e. The molecule has 0 bridgehead atoms. The zero-order chi connectivity index (χ0) is 15.8. The number of H-pyrrole nitrogens is 1. The van der Waals surface area contributed by atoms with Crippen molar-refractivity contribution < 1.29 is 9.47 Å². The van der Waals surface area contributed by atoms with Crippen molar-refractivity contribution in [1.29, 1.82) is 0 Å². The van der Waals surface area contributed by atoms with Gasteiger partial charge in [0.2, 0.25) is 0 Å². The highest BCUT2D eigenvalue weighted by molar-refractivity contribution is 5.85. The maximum absolute atomic E-state index is 5.83. The van der Waals surface area contributed by atoms with Crippen LogP contribution in [0.3, 0.4) is 0 Å². The molecule has 1 heterocycles. The maximum atomic E-state index is 5.83. The van der Waals surface area contributed by atoms with Gasteiger partial charge >= 0.3 is 0 Å².